The zero-order valence-electron chi connectivity index (χ0n) is 12.4. The van der Waals surface area contributed by atoms with E-state index in [0.29, 0.717) is 0 Å². The molecule has 1 atom stereocenters. The Hall–Kier alpha value is -1.59. The molecule has 1 fully saturated rings. The molecule has 0 aromatic rings. The van der Waals surface area contributed by atoms with E-state index in [4.69, 9.17) is 4.74 Å². The van der Waals surface area contributed by atoms with Crippen molar-refractivity contribution >= 4 is 17.9 Å². The van der Waals surface area contributed by atoms with Crippen molar-refractivity contribution in [3.05, 3.63) is 0 Å². The van der Waals surface area contributed by atoms with E-state index >= 15 is 0 Å². The first kappa shape index (κ1) is 15.5. The molecule has 0 spiro atoms. The highest BCUT2D eigenvalue weighted by Gasteiger charge is 2.45. The molecule has 1 aliphatic rings. The number of nitrogens with one attached hydrogen (secondary N) is 1. The molecule has 0 aromatic heterocycles. The van der Waals surface area contributed by atoms with Gasteiger partial charge in [-0.3, -0.25) is 10.1 Å². The Labute approximate surface area is 113 Å². The Bertz CT molecular complexity index is 404. The van der Waals surface area contributed by atoms with E-state index < -0.39 is 35.0 Å². The van der Waals surface area contributed by atoms with Gasteiger partial charge in [-0.05, 0) is 26.2 Å². The monoisotopic (exact) mass is 270 g/mol. The molecule has 6 nitrogen and oxygen atoms in total. The Morgan fingerprint density at radius 2 is 1.74 bits per heavy atom. The first-order valence-corrected chi connectivity index (χ1v) is 6.25. The minimum atomic E-state index is -0.793. The molecule has 0 aliphatic carbocycles. The van der Waals surface area contributed by atoms with Gasteiger partial charge in [0.1, 0.15) is 18.2 Å². The van der Waals surface area contributed by atoms with Crippen molar-refractivity contribution < 1.29 is 19.1 Å². The second-order valence-corrected chi connectivity index (χ2v) is 6.78. The third kappa shape index (κ3) is 3.94. The van der Waals surface area contributed by atoms with Gasteiger partial charge in [0.05, 0.1) is 0 Å². The van der Waals surface area contributed by atoms with Crippen LogP contribution < -0.4 is 5.32 Å². The lowest BCUT2D eigenvalue weighted by Crippen LogP contribution is -2.52. The molecule has 0 unspecified atom stereocenters. The molecule has 0 saturated carbocycles. The van der Waals surface area contributed by atoms with E-state index in [1.54, 1.807) is 20.8 Å². The van der Waals surface area contributed by atoms with Crippen molar-refractivity contribution in [2.24, 2.45) is 5.41 Å². The van der Waals surface area contributed by atoms with Crippen LogP contribution in [0.5, 0.6) is 0 Å². The second kappa shape index (κ2) is 4.83. The van der Waals surface area contributed by atoms with Crippen LogP contribution >= 0.6 is 0 Å². The lowest BCUT2D eigenvalue weighted by Gasteiger charge is -2.36. The van der Waals surface area contributed by atoms with E-state index in [1.165, 1.54) is 4.90 Å². The second-order valence-electron chi connectivity index (χ2n) is 6.78. The van der Waals surface area contributed by atoms with E-state index in [2.05, 4.69) is 5.32 Å². The molecule has 3 amide bonds. The van der Waals surface area contributed by atoms with E-state index in [-0.39, 0.29) is 6.54 Å². The molecule has 0 aromatic carbocycles. The van der Waals surface area contributed by atoms with E-state index in [1.807, 2.05) is 20.8 Å². The number of imide groups is 1. The summed E-state index contributed by atoms with van der Waals surface area (Å²) in [6.07, 6.45) is 0. The number of carbonyl (C=O) groups is 3. The molecular weight excluding hydrogens is 248 g/mol. The van der Waals surface area contributed by atoms with Gasteiger partial charge in [-0.1, -0.05) is 20.8 Å². The smallest absolute Gasteiger partial charge is 0.330 e. The maximum atomic E-state index is 12.3. The molecule has 0 radical (unpaired) electrons. The molecule has 6 heteroatoms. The summed E-state index contributed by atoms with van der Waals surface area (Å²) in [5.74, 6) is -0.896. The fraction of sp³-hybridized carbons (Fsp3) is 0.769. The summed E-state index contributed by atoms with van der Waals surface area (Å²) in [7, 11) is 0. The van der Waals surface area contributed by atoms with Gasteiger partial charge < -0.3 is 9.64 Å². The van der Waals surface area contributed by atoms with Crippen LogP contribution in [0.3, 0.4) is 0 Å². The fourth-order valence-electron chi connectivity index (χ4n) is 1.97. The minimum absolute atomic E-state index is 0.111. The molecule has 108 valence electrons. The molecule has 0 bridgehead atoms. The fourth-order valence-corrected chi connectivity index (χ4v) is 1.97. The van der Waals surface area contributed by atoms with Gasteiger partial charge in [0, 0.05) is 0 Å². The van der Waals surface area contributed by atoms with Crippen LogP contribution in [0.1, 0.15) is 41.5 Å². The summed E-state index contributed by atoms with van der Waals surface area (Å²) in [6.45, 7) is 10.7. The molecule has 1 rings (SSSR count). The lowest BCUT2D eigenvalue weighted by atomic mass is 9.85. The summed E-state index contributed by atoms with van der Waals surface area (Å²) in [4.78, 5) is 36.5. The van der Waals surface area contributed by atoms with Crippen molar-refractivity contribution in [1.29, 1.82) is 0 Å². The number of ether oxygens (including phenoxy) is 1. The number of nitrogens with zero attached hydrogens (tertiary/aromatic N) is 1. The number of urea groups is 1. The van der Waals surface area contributed by atoms with Crippen LogP contribution in [-0.4, -0.2) is 41.0 Å². The summed E-state index contributed by atoms with van der Waals surface area (Å²) in [5.41, 5.74) is -1.16. The van der Waals surface area contributed by atoms with Gasteiger partial charge in [-0.2, -0.15) is 0 Å². The van der Waals surface area contributed by atoms with E-state index in [0.717, 1.165) is 0 Å². The van der Waals surface area contributed by atoms with Gasteiger partial charge in [-0.15, -0.1) is 0 Å². The zero-order valence-corrected chi connectivity index (χ0v) is 12.4. The normalized spacial score (nSPS) is 18.3. The number of carbonyl (C=O) groups excluding carboxylic acids is 3. The number of hydrogen-bond acceptors (Lipinski definition) is 4. The SMILES string of the molecule is CC(C)(C)OC(=O)[C@@H](N1CC(=O)NC1=O)C(C)(C)C. The largest absolute Gasteiger partial charge is 0.458 e. The highest BCUT2D eigenvalue weighted by molar-refractivity contribution is 6.03. The van der Waals surface area contributed by atoms with Gasteiger partial charge in [-0.25, -0.2) is 9.59 Å². The molecule has 1 saturated heterocycles. The Morgan fingerprint density at radius 1 is 1.21 bits per heavy atom. The van der Waals surface area contributed by atoms with Crippen molar-refractivity contribution in [2.45, 2.75) is 53.2 Å². The van der Waals surface area contributed by atoms with Gasteiger partial charge in [0.15, 0.2) is 0 Å². The quantitative estimate of drug-likeness (QED) is 0.606. The van der Waals surface area contributed by atoms with Crippen LogP contribution in [0.25, 0.3) is 0 Å². The average molecular weight is 270 g/mol. The average Bonchev–Trinajstić information content (AvgIpc) is 2.39. The zero-order chi connectivity index (χ0) is 15.0. The molecule has 1 heterocycles. The summed E-state index contributed by atoms with van der Waals surface area (Å²) in [6, 6.07) is -1.34. The first-order chi connectivity index (χ1) is 8.42. The summed E-state index contributed by atoms with van der Waals surface area (Å²) in [5, 5.41) is 2.18. The van der Waals surface area contributed by atoms with Crippen LogP contribution in [0.15, 0.2) is 0 Å². The summed E-state index contributed by atoms with van der Waals surface area (Å²) < 4.78 is 5.35. The van der Waals surface area contributed by atoms with Crippen molar-refractivity contribution in [1.82, 2.24) is 10.2 Å². The van der Waals surface area contributed by atoms with Gasteiger partial charge >= 0.3 is 12.0 Å². The standard InChI is InChI=1S/C13H22N2O4/c1-12(2,3)9(10(17)19-13(4,5)6)15-7-8(16)14-11(15)18/h9H,7H2,1-6H3,(H,14,16,18)/t9-/m1/s1. The van der Waals surface area contributed by atoms with Crippen LogP contribution in [0, 0.1) is 5.41 Å². The van der Waals surface area contributed by atoms with Crippen LogP contribution in [0.4, 0.5) is 4.79 Å². The maximum absolute atomic E-state index is 12.3. The highest BCUT2D eigenvalue weighted by atomic mass is 16.6. The minimum Gasteiger partial charge on any atom is -0.458 e. The molecule has 1 N–H and O–H groups in total. The molecular formula is C13H22N2O4. The van der Waals surface area contributed by atoms with E-state index in [9.17, 15) is 14.4 Å². The Kier molecular flexibility index (Phi) is 3.93. The highest BCUT2D eigenvalue weighted by Crippen LogP contribution is 2.28. The number of hydrogen-bond donors (Lipinski definition) is 1. The van der Waals surface area contributed by atoms with Crippen molar-refractivity contribution in [2.75, 3.05) is 6.54 Å². The predicted octanol–water partition coefficient (Wildman–Crippen LogP) is 1.29. The molecule has 1 aliphatic heterocycles. The van der Waals surface area contributed by atoms with Gasteiger partial charge in [0.25, 0.3) is 0 Å². The Morgan fingerprint density at radius 3 is 2.05 bits per heavy atom. The van der Waals surface area contributed by atoms with Gasteiger partial charge in [0.2, 0.25) is 5.91 Å². The van der Waals surface area contributed by atoms with Crippen molar-refractivity contribution in [3.63, 3.8) is 0 Å². The van der Waals surface area contributed by atoms with Crippen LogP contribution in [-0.2, 0) is 14.3 Å². The Balaban J connectivity index is 3.00. The van der Waals surface area contributed by atoms with Crippen molar-refractivity contribution in [3.8, 4) is 0 Å². The predicted molar refractivity (Wildman–Crippen MR) is 69.3 cm³/mol. The summed E-state index contributed by atoms with van der Waals surface area (Å²) >= 11 is 0. The third-order valence-electron chi connectivity index (χ3n) is 2.58. The molecule has 19 heavy (non-hydrogen) atoms. The topological polar surface area (TPSA) is 75.7 Å². The number of amides is 3. The third-order valence-corrected chi connectivity index (χ3v) is 2.58. The number of esters is 1. The maximum Gasteiger partial charge on any atom is 0.330 e. The number of rotatable bonds is 2. The lowest BCUT2D eigenvalue weighted by molar-refractivity contribution is -0.164. The first-order valence-electron chi connectivity index (χ1n) is 6.25. The van der Waals surface area contributed by atoms with Crippen LogP contribution in [0.2, 0.25) is 0 Å².